The molecule has 0 spiro atoms. The van der Waals surface area contributed by atoms with Crippen molar-refractivity contribution in [1.29, 1.82) is 0 Å². The standard InChI is InChI=1S/C12H10N/c1-2-5-12-11-7-4-3-6-10(11)8-9-13-12/h2-4,6-8H,1,5H2. The molecule has 0 bridgehead atoms. The molecule has 0 aliphatic carbocycles. The van der Waals surface area contributed by atoms with Crippen LogP contribution in [0, 0.1) is 6.20 Å². The minimum Gasteiger partial charge on any atom is -0.250 e. The maximum absolute atomic E-state index is 4.20. The summed E-state index contributed by atoms with van der Waals surface area (Å²) < 4.78 is 0. The summed E-state index contributed by atoms with van der Waals surface area (Å²) >= 11 is 0. The zero-order valence-electron chi connectivity index (χ0n) is 7.33. The van der Waals surface area contributed by atoms with Gasteiger partial charge < -0.3 is 0 Å². The predicted molar refractivity (Wildman–Crippen MR) is 54.5 cm³/mol. The van der Waals surface area contributed by atoms with Crippen LogP contribution in [0.25, 0.3) is 10.8 Å². The Balaban J connectivity index is 2.68. The maximum atomic E-state index is 4.20. The largest absolute Gasteiger partial charge is 0.250 e. The van der Waals surface area contributed by atoms with Crippen LogP contribution in [0.1, 0.15) is 5.69 Å². The number of aromatic nitrogens is 1. The highest BCUT2D eigenvalue weighted by molar-refractivity contribution is 5.84. The summed E-state index contributed by atoms with van der Waals surface area (Å²) in [4.78, 5) is 4.20. The number of benzene rings is 1. The van der Waals surface area contributed by atoms with Gasteiger partial charge in [-0.2, -0.15) is 0 Å². The van der Waals surface area contributed by atoms with Crippen LogP contribution in [0.4, 0.5) is 0 Å². The van der Waals surface area contributed by atoms with Gasteiger partial charge in [0.1, 0.15) is 0 Å². The molecule has 0 amide bonds. The number of allylic oxidation sites excluding steroid dienone is 1. The van der Waals surface area contributed by atoms with Crippen molar-refractivity contribution in [3.05, 3.63) is 54.9 Å². The van der Waals surface area contributed by atoms with Crippen LogP contribution >= 0.6 is 0 Å². The van der Waals surface area contributed by atoms with Crippen LogP contribution in [0.2, 0.25) is 0 Å². The molecule has 2 rings (SSSR count). The first kappa shape index (κ1) is 7.99. The van der Waals surface area contributed by atoms with Gasteiger partial charge in [0.2, 0.25) is 0 Å². The van der Waals surface area contributed by atoms with Gasteiger partial charge in [0.25, 0.3) is 0 Å². The second-order valence-corrected chi connectivity index (χ2v) is 2.91. The zero-order valence-corrected chi connectivity index (χ0v) is 7.33. The second-order valence-electron chi connectivity index (χ2n) is 2.91. The topological polar surface area (TPSA) is 12.9 Å². The van der Waals surface area contributed by atoms with Crippen molar-refractivity contribution in [2.45, 2.75) is 6.42 Å². The van der Waals surface area contributed by atoms with Crippen molar-refractivity contribution in [1.82, 2.24) is 4.98 Å². The highest BCUT2D eigenvalue weighted by Gasteiger charge is 1.98. The number of nitrogens with zero attached hydrogens (tertiary/aromatic N) is 1. The van der Waals surface area contributed by atoms with E-state index in [-0.39, 0.29) is 0 Å². The Morgan fingerprint density at radius 1 is 1.38 bits per heavy atom. The Labute approximate surface area is 77.7 Å². The van der Waals surface area contributed by atoms with Crippen molar-refractivity contribution in [3.8, 4) is 0 Å². The molecule has 0 N–H and O–H groups in total. The van der Waals surface area contributed by atoms with E-state index in [4.69, 9.17) is 0 Å². The van der Waals surface area contributed by atoms with E-state index in [2.05, 4.69) is 29.9 Å². The first-order valence-corrected chi connectivity index (χ1v) is 4.27. The van der Waals surface area contributed by atoms with Gasteiger partial charge in [-0.3, -0.25) is 4.98 Å². The fourth-order valence-corrected chi connectivity index (χ4v) is 1.42. The van der Waals surface area contributed by atoms with Crippen molar-refractivity contribution < 1.29 is 0 Å². The van der Waals surface area contributed by atoms with Crippen LogP contribution in [-0.4, -0.2) is 4.98 Å². The lowest BCUT2D eigenvalue weighted by Gasteiger charge is -2.01. The highest BCUT2D eigenvalue weighted by atomic mass is 14.7. The van der Waals surface area contributed by atoms with Gasteiger partial charge in [0.15, 0.2) is 0 Å². The summed E-state index contributed by atoms with van der Waals surface area (Å²) in [6, 6.07) is 10.1. The average Bonchev–Trinajstić information content (AvgIpc) is 2.19. The SMILES string of the molecule is C=CCc1n[c]cc2ccccc12. The maximum Gasteiger partial charge on any atom is 0.0896 e. The number of rotatable bonds is 2. The summed E-state index contributed by atoms with van der Waals surface area (Å²) in [6.07, 6.45) is 5.56. The summed E-state index contributed by atoms with van der Waals surface area (Å²) in [6.45, 7) is 3.71. The smallest absolute Gasteiger partial charge is 0.0896 e. The highest BCUT2D eigenvalue weighted by Crippen LogP contribution is 2.16. The number of hydrogen-bond acceptors (Lipinski definition) is 1. The van der Waals surface area contributed by atoms with Crippen LogP contribution in [0.3, 0.4) is 0 Å². The molecule has 0 aliphatic rings. The fourth-order valence-electron chi connectivity index (χ4n) is 1.42. The molecule has 0 fully saturated rings. The van der Waals surface area contributed by atoms with Gasteiger partial charge in [-0.25, -0.2) is 0 Å². The quantitative estimate of drug-likeness (QED) is 0.628. The van der Waals surface area contributed by atoms with Crippen molar-refractivity contribution in [2.24, 2.45) is 0 Å². The Morgan fingerprint density at radius 3 is 3.08 bits per heavy atom. The number of pyridine rings is 1. The van der Waals surface area contributed by atoms with Crippen LogP contribution < -0.4 is 0 Å². The number of fused-ring (bicyclic) bond motifs is 1. The summed E-state index contributed by atoms with van der Waals surface area (Å²) in [7, 11) is 0. The van der Waals surface area contributed by atoms with E-state index in [1.165, 1.54) is 10.8 Å². The Kier molecular flexibility index (Phi) is 2.09. The molecule has 63 valence electrons. The minimum atomic E-state index is 0.803. The van der Waals surface area contributed by atoms with E-state index in [0.717, 1.165) is 12.1 Å². The zero-order chi connectivity index (χ0) is 9.10. The molecule has 0 atom stereocenters. The van der Waals surface area contributed by atoms with Crippen LogP contribution in [0.5, 0.6) is 0 Å². The van der Waals surface area contributed by atoms with E-state index in [1.807, 2.05) is 24.3 Å². The first-order chi connectivity index (χ1) is 6.42. The van der Waals surface area contributed by atoms with E-state index in [1.54, 1.807) is 0 Å². The fraction of sp³-hybridized carbons (Fsp3) is 0.0833. The monoisotopic (exact) mass is 168 g/mol. The third-order valence-corrected chi connectivity index (χ3v) is 2.03. The van der Waals surface area contributed by atoms with Gasteiger partial charge in [0, 0.05) is 11.8 Å². The molecule has 1 aromatic carbocycles. The lowest BCUT2D eigenvalue weighted by molar-refractivity contribution is 1.13. The Bertz CT molecular complexity index is 427. The molecule has 1 heterocycles. The van der Waals surface area contributed by atoms with Gasteiger partial charge in [0.05, 0.1) is 11.9 Å². The molecule has 1 aromatic heterocycles. The predicted octanol–water partition coefficient (Wildman–Crippen LogP) is 2.76. The normalized spacial score (nSPS) is 10.2. The second kappa shape index (κ2) is 3.40. The minimum absolute atomic E-state index is 0.803. The first-order valence-electron chi connectivity index (χ1n) is 4.27. The van der Waals surface area contributed by atoms with Crippen molar-refractivity contribution in [2.75, 3.05) is 0 Å². The summed E-state index contributed by atoms with van der Waals surface area (Å²) in [5.74, 6) is 0. The molecule has 0 aliphatic heterocycles. The molecule has 0 saturated heterocycles. The third kappa shape index (κ3) is 1.45. The number of hydrogen-bond donors (Lipinski definition) is 0. The lowest BCUT2D eigenvalue weighted by Crippen LogP contribution is -1.88. The summed E-state index contributed by atoms with van der Waals surface area (Å²) in [5.41, 5.74) is 1.05. The Morgan fingerprint density at radius 2 is 2.23 bits per heavy atom. The molecular formula is C12H10N. The molecule has 1 nitrogen and oxygen atoms in total. The molecular weight excluding hydrogens is 158 g/mol. The van der Waals surface area contributed by atoms with E-state index < -0.39 is 0 Å². The molecule has 2 aromatic rings. The third-order valence-electron chi connectivity index (χ3n) is 2.03. The Hall–Kier alpha value is -1.63. The van der Waals surface area contributed by atoms with E-state index in [0.29, 0.717) is 0 Å². The molecule has 1 radical (unpaired) electrons. The van der Waals surface area contributed by atoms with E-state index >= 15 is 0 Å². The molecule has 0 saturated carbocycles. The molecule has 0 unspecified atom stereocenters. The van der Waals surface area contributed by atoms with Crippen molar-refractivity contribution >= 4 is 10.8 Å². The van der Waals surface area contributed by atoms with Gasteiger partial charge >= 0.3 is 0 Å². The van der Waals surface area contributed by atoms with Crippen LogP contribution in [-0.2, 0) is 6.42 Å². The van der Waals surface area contributed by atoms with E-state index in [9.17, 15) is 0 Å². The molecule has 13 heavy (non-hydrogen) atoms. The van der Waals surface area contributed by atoms with Crippen LogP contribution in [0.15, 0.2) is 43.0 Å². The van der Waals surface area contributed by atoms with Gasteiger partial charge in [-0.1, -0.05) is 30.3 Å². The molecule has 1 heteroatoms. The summed E-state index contributed by atoms with van der Waals surface area (Å²) in [5, 5.41) is 2.38. The van der Waals surface area contributed by atoms with Crippen molar-refractivity contribution in [3.63, 3.8) is 0 Å². The van der Waals surface area contributed by atoms with Gasteiger partial charge in [-0.05, 0) is 11.5 Å². The van der Waals surface area contributed by atoms with Gasteiger partial charge in [-0.15, -0.1) is 6.58 Å². The average molecular weight is 168 g/mol. The lowest BCUT2D eigenvalue weighted by atomic mass is 10.1.